The van der Waals surface area contributed by atoms with Crippen LogP contribution in [0.1, 0.15) is 44.9 Å². The van der Waals surface area contributed by atoms with Crippen LogP contribution < -0.4 is 5.32 Å². The molecule has 0 aromatic heterocycles. The summed E-state index contributed by atoms with van der Waals surface area (Å²) in [7, 11) is 1.35. The highest BCUT2D eigenvalue weighted by molar-refractivity contribution is 5.85. The quantitative estimate of drug-likeness (QED) is 0.381. The maximum absolute atomic E-state index is 12.0. The molecule has 0 aliphatic carbocycles. The molecule has 1 N–H and O–H groups in total. The summed E-state index contributed by atoms with van der Waals surface area (Å²) in [4.78, 5) is 23.8. The molecule has 0 saturated carbocycles. The van der Waals surface area contributed by atoms with Gasteiger partial charge in [-0.25, -0.2) is 4.79 Å². The van der Waals surface area contributed by atoms with Crippen molar-refractivity contribution < 1.29 is 19.1 Å². The number of unbranched alkanes of at least 4 members (excludes halogenated alkanes) is 4. The second-order valence-corrected chi connectivity index (χ2v) is 5.43. The van der Waals surface area contributed by atoms with Gasteiger partial charge in [0.05, 0.1) is 19.6 Å². The van der Waals surface area contributed by atoms with Crippen molar-refractivity contribution in [1.29, 1.82) is 0 Å². The van der Waals surface area contributed by atoms with E-state index in [1.807, 2.05) is 6.08 Å². The van der Waals surface area contributed by atoms with E-state index in [-0.39, 0.29) is 17.8 Å². The molecule has 1 amide bonds. The van der Waals surface area contributed by atoms with Crippen LogP contribution in [0.3, 0.4) is 0 Å². The number of carbonyl (C=O) groups is 2. The fourth-order valence-electron chi connectivity index (χ4n) is 2.41. The first-order chi connectivity index (χ1) is 10.2. The minimum atomic E-state index is -0.539. The molecule has 0 radical (unpaired) electrons. The molecule has 0 aromatic rings. The Hall–Kier alpha value is -1.36. The molecule has 5 nitrogen and oxygen atoms in total. The van der Waals surface area contributed by atoms with Crippen LogP contribution >= 0.6 is 0 Å². The highest BCUT2D eigenvalue weighted by Crippen LogP contribution is 2.14. The topological polar surface area (TPSA) is 64.6 Å². The Labute approximate surface area is 127 Å². The van der Waals surface area contributed by atoms with Crippen molar-refractivity contribution >= 4 is 11.9 Å². The van der Waals surface area contributed by atoms with Gasteiger partial charge >= 0.3 is 5.97 Å². The monoisotopic (exact) mass is 297 g/mol. The number of allylic oxidation sites excluding steroid dienone is 1. The Kier molecular flexibility index (Phi) is 8.74. The molecule has 5 heteroatoms. The number of rotatable bonds is 10. The number of amides is 1. The Morgan fingerprint density at radius 1 is 1.38 bits per heavy atom. The lowest BCUT2D eigenvalue weighted by atomic mass is 10.0. The summed E-state index contributed by atoms with van der Waals surface area (Å²) in [6.07, 6.45) is 8.48. The lowest BCUT2D eigenvalue weighted by Gasteiger charge is -2.18. The summed E-state index contributed by atoms with van der Waals surface area (Å²) in [5, 5.41) is 2.80. The van der Waals surface area contributed by atoms with Crippen LogP contribution in [-0.4, -0.2) is 38.2 Å². The molecule has 0 aromatic carbocycles. The van der Waals surface area contributed by atoms with Crippen LogP contribution in [0.15, 0.2) is 12.7 Å². The van der Waals surface area contributed by atoms with Gasteiger partial charge in [0.2, 0.25) is 5.91 Å². The highest BCUT2D eigenvalue weighted by Gasteiger charge is 2.28. The smallest absolute Gasteiger partial charge is 0.328 e. The molecule has 1 saturated heterocycles. The maximum atomic E-state index is 12.0. The normalized spacial score (nSPS) is 19.0. The van der Waals surface area contributed by atoms with E-state index in [4.69, 9.17) is 9.47 Å². The van der Waals surface area contributed by atoms with Gasteiger partial charge in [-0.15, -0.1) is 6.58 Å². The highest BCUT2D eigenvalue weighted by atomic mass is 16.5. The minimum Gasteiger partial charge on any atom is -0.467 e. The van der Waals surface area contributed by atoms with Crippen LogP contribution in [0.25, 0.3) is 0 Å². The summed E-state index contributed by atoms with van der Waals surface area (Å²) in [6.45, 7) is 4.75. The van der Waals surface area contributed by atoms with Gasteiger partial charge < -0.3 is 14.8 Å². The molecule has 1 aliphatic rings. The number of ether oxygens (including phenoxy) is 2. The largest absolute Gasteiger partial charge is 0.467 e. The van der Waals surface area contributed by atoms with Crippen molar-refractivity contribution in [3.8, 4) is 0 Å². The lowest BCUT2D eigenvalue weighted by molar-refractivity contribution is -0.145. The van der Waals surface area contributed by atoms with Gasteiger partial charge in [-0.1, -0.05) is 25.3 Å². The first-order valence-corrected chi connectivity index (χ1v) is 7.76. The molecule has 2 atom stereocenters. The molecule has 120 valence electrons. The summed E-state index contributed by atoms with van der Waals surface area (Å²) in [6, 6.07) is -0.539. The molecule has 21 heavy (non-hydrogen) atoms. The van der Waals surface area contributed by atoms with Gasteiger partial charge in [0.25, 0.3) is 0 Å². The fourth-order valence-corrected chi connectivity index (χ4v) is 2.41. The van der Waals surface area contributed by atoms with Gasteiger partial charge in [0, 0.05) is 6.61 Å². The predicted molar refractivity (Wildman–Crippen MR) is 80.8 cm³/mol. The maximum Gasteiger partial charge on any atom is 0.328 e. The molecule has 0 spiro atoms. The zero-order chi connectivity index (χ0) is 15.5. The van der Waals surface area contributed by atoms with Crippen molar-refractivity contribution in [3.63, 3.8) is 0 Å². The van der Waals surface area contributed by atoms with Crippen LogP contribution in [0.4, 0.5) is 0 Å². The Morgan fingerprint density at radius 2 is 2.14 bits per heavy atom. The van der Waals surface area contributed by atoms with E-state index < -0.39 is 6.04 Å². The van der Waals surface area contributed by atoms with E-state index in [0.717, 1.165) is 38.5 Å². The van der Waals surface area contributed by atoms with E-state index in [1.165, 1.54) is 7.11 Å². The summed E-state index contributed by atoms with van der Waals surface area (Å²) < 4.78 is 9.97. The number of hydrogen-bond donors (Lipinski definition) is 1. The molecular formula is C16H27NO4. The van der Waals surface area contributed by atoms with E-state index in [2.05, 4.69) is 11.9 Å². The molecule has 1 heterocycles. The van der Waals surface area contributed by atoms with E-state index in [0.29, 0.717) is 19.6 Å². The van der Waals surface area contributed by atoms with Crippen molar-refractivity contribution in [3.05, 3.63) is 12.7 Å². The zero-order valence-electron chi connectivity index (χ0n) is 12.9. The standard InChI is InChI=1S/C16H27NO4/c1-3-4-5-6-7-8-9-14(16(19)20-2)17-15(18)13-10-11-21-12-13/h3,13-14H,1,4-12H2,2H3,(H,17,18)/t13-,14-/m1/s1. The van der Waals surface area contributed by atoms with Gasteiger partial charge in [0.15, 0.2) is 0 Å². The van der Waals surface area contributed by atoms with E-state index in [9.17, 15) is 9.59 Å². The molecule has 1 aliphatic heterocycles. The third-order valence-corrected chi connectivity index (χ3v) is 3.75. The summed E-state index contributed by atoms with van der Waals surface area (Å²) in [5.74, 6) is -0.604. The fraction of sp³-hybridized carbons (Fsp3) is 0.750. The van der Waals surface area contributed by atoms with Crippen LogP contribution in [0.5, 0.6) is 0 Å². The molecule has 0 bridgehead atoms. The van der Waals surface area contributed by atoms with Crippen molar-refractivity contribution in [2.24, 2.45) is 5.92 Å². The molecule has 1 rings (SSSR count). The molecular weight excluding hydrogens is 270 g/mol. The molecule has 0 unspecified atom stereocenters. The lowest BCUT2D eigenvalue weighted by Crippen LogP contribution is -2.44. The third kappa shape index (κ3) is 6.76. The predicted octanol–water partition coefficient (Wildman–Crippen LogP) is 2.21. The van der Waals surface area contributed by atoms with Gasteiger partial charge in [-0.3, -0.25) is 4.79 Å². The van der Waals surface area contributed by atoms with Crippen LogP contribution in [0.2, 0.25) is 0 Å². The number of methoxy groups -OCH3 is 1. The minimum absolute atomic E-state index is 0.102. The Bertz CT molecular complexity index is 337. The number of carbonyl (C=O) groups excluding carboxylic acids is 2. The SMILES string of the molecule is C=CCCCCCC[C@@H](NC(=O)[C@@H]1CCOC1)C(=O)OC. The first-order valence-electron chi connectivity index (χ1n) is 7.76. The zero-order valence-corrected chi connectivity index (χ0v) is 12.9. The number of nitrogens with one attached hydrogen (secondary N) is 1. The number of hydrogen-bond acceptors (Lipinski definition) is 4. The first kappa shape index (κ1) is 17.7. The summed E-state index contributed by atoms with van der Waals surface area (Å²) in [5.41, 5.74) is 0. The van der Waals surface area contributed by atoms with E-state index in [1.54, 1.807) is 0 Å². The van der Waals surface area contributed by atoms with Crippen LogP contribution in [0, 0.1) is 5.92 Å². The Morgan fingerprint density at radius 3 is 2.76 bits per heavy atom. The van der Waals surface area contributed by atoms with Gasteiger partial charge in [-0.2, -0.15) is 0 Å². The molecule has 1 fully saturated rings. The Balaban J connectivity index is 2.31. The third-order valence-electron chi connectivity index (χ3n) is 3.75. The van der Waals surface area contributed by atoms with Gasteiger partial charge in [-0.05, 0) is 25.7 Å². The summed E-state index contributed by atoms with van der Waals surface area (Å²) >= 11 is 0. The second kappa shape index (κ2) is 10.4. The number of esters is 1. The van der Waals surface area contributed by atoms with E-state index >= 15 is 0 Å². The van der Waals surface area contributed by atoms with Crippen molar-refractivity contribution in [2.45, 2.75) is 51.0 Å². The van der Waals surface area contributed by atoms with Gasteiger partial charge in [0.1, 0.15) is 6.04 Å². The van der Waals surface area contributed by atoms with Crippen molar-refractivity contribution in [2.75, 3.05) is 20.3 Å². The van der Waals surface area contributed by atoms with Crippen molar-refractivity contribution in [1.82, 2.24) is 5.32 Å². The van der Waals surface area contributed by atoms with Crippen LogP contribution in [-0.2, 0) is 19.1 Å². The average Bonchev–Trinajstić information content (AvgIpc) is 3.03. The second-order valence-electron chi connectivity index (χ2n) is 5.43. The average molecular weight is 297 g/mol.